The molecule has 0 spiro atoms. The van der Waals surface area contributed by atoms with Crippen LogP contribution in [-0.4, -0.2) is 11.9 Å². The monoisotopic (exact) mass is 260 g/mol. The Morgan fingerprint density at radius 2 is 2.16 bits per heavy atom. The second-order valence-corrected chi connectivity index (χ2v) is 5.44. The van der Waals surface area contributed by atoms with Crippen LogP contribution in [-0.2, 0) is 6.54 Å². The molecule has 0 saturated heterocycles. The molecule has 104 valence electrons. The average molecular weight is 260 g/mol. The van der Waals surface area contributed by atoms with Crippen molar-refractivity contribution in [3.63, 3.8) is 0 Å². The molecule has 3 N–H and O–H groups in total. The van der Waals surface area contributed by atoms with Gasteiger partial charge in [-0.25, -0.2) is 0 Å². The van der Waals surface area contributed by atoms with E-state index < -0.39 is 0 Å². The number of benzene rings is 1. The third kappa shape index (κ3) is 3.57. The first kappa shape index (κ1) is 14.1. The van der Waals surface area contributed by atoms with E-state index in [-0.39, 0.29) is 5.91 Å². The van der Waals surface area contributed by atoms with Gasteiger partial charge in [-0.05, 0) is 36.5 Å². The quantitative estimate of drug-likeness (QED) is 0.874. The van der Waals surface area contributed by atoms with Crippen molar-refractivity contribution in [3.8, 4) is 0 Å². The molecular weight excluding hydrogens is 236 g/mol. The SMILES string of the molecule is CCC1CCCCC1NC(=O)c1cccc(CN)c1. The van der Waals surface area contributed by atoms with E-state index in [4.69, 9.17) is 5.73 Å². The molecule has 2 atom stereocenters. The lowest BCUT2D eigenvalue weighted by atomic mass is 9.83. The summed E-state index contributed by atoms with van der Waals surface area (Å²) in [7, 11) is 0. The average Bonchev–Trinajstić information content (AvgIpc) is 2.47. The second-order valence-electron chi connectivity index (χ2n) is 5.44. The molecule has 1 aromatic carbocycles. The number of hydrogen-bond acceptors (Lipinski definition) is 2. The fourth-order valence-electron chi connectivity index (χ4n) is 2.98. The third-order valence-electron chi connectivity index (χ3n) is 4.17. The maximum atomic E-state index is 12.3. The fourth-order valence-corrected chi connectivity index (χ4v) is 2.98. The maximum Gasteiger partial charge on any atom is 0.251 e. The van der Waals surface area contributed by atoms with Gasteiger partial charge < -0.3 is 11.1 Å². The van der Waals surface area contributed by atoms with Crippen LogP contribution in [0.25, 0.3) is 0 Å². The molecule has 0 heterocycles. The van der Waals surface area contributed by atoms with E-state index in [9.17, 15) is 4.79 Å². The van der Waals surface area contributed by atoms with Gasteiger partial charge in [-0.15, -0.1) is 0 Å². The lowest BCUT2D eigenvalue weighted by Gasteiger charge is -2.31. The van der Waals surface area contributed by atoms with Crippen LogP contribution in [0.5, 0.6) is 0 Å². The molecule has 1 amide bonds. The molecule has 1 aliphatic rings. The summed E-state index contributed by atoms with van der Waals surface area (Å²) in [6, 6.07) is 7.94. The zero-order valence-electron chi connectivity index (χ0n) is 11.7. The van der Waals surface area contributed by atoms with Crippen LogP contribution in [0.1, 0.15) is 54.9 Å². The summed E-state index contributed by atoms with van der Waals surface area (Å²) in [5.41, 5.74) is 7.34. The summed E-state index contributed by atoms with van der Waals surface area (Å²) >= 11 is 0. The largest absolute Gasteiger partial charge is 0.349 e. The van der Waals surface area contributed by atoms with Gasteiger partial charge in [0, 0.05) is 18.2 Å². The topological polar surface area (TPSA) is 55.1 Å². The van der Waals surface area contributed by atoms with Gasteiger partial charge in [0.25, 0.3) is 5.91 Å². The van der Waals surface area contributed by atoms with Crippen LogP contribution in [0.3, 0.4) is 0 Å². The van der Waals surface area contributed by atoms with E-state index in [1.54, 1.807) is 0 Å². The van der Waals surface area contributed by atoms with Crippen molar-refractivity contribution in [1.82, 2.24) is 5.32 Å². The van der Waals surface area contributed by atoms with Gasteiger partial charge in [-0.1, -0.05) is 38.3 Å². The summed E-state index contributed by atoms with van der Waals surface area (Å²) in [6.45, 7) is 2.69. The first-order valence-electron chi connectivity index (χ1n) is 7.34. The van der Waals surface area contributed by atoms with Gasteiger partial charge in [0.05, 0.1) is 0 Å². The van der Waals surface area contributed by atoms with Crippen molar-refractivity contribution in [2.45, 2.75) is 51.6 Å². The van der Waals surface area contributed by atoms with Gasteiger partial charge in [0.1, 0.15) is 0 Å². The summed E-state index contributed by atoms with van der Waals surface area (Å²) in [4.78, 5) is 12.3. The minimum Gasteiger partial charge on any atom is -0.349 e. The molecule has 1 aliphatic carbocycles. The van der Waals surface area contributed by atoms with Crippen LogP contribution in [0.15, 0.2) is 24.3 Å². The molecule has 3 heteroatoms. The normalized spacial score (nSPS) is 23.1. The molecule has 19 heavy (non-hydrogen) atoms. The van der Waals surface area contributed by atoms with E-state index in [1.165, 1.54) is 19.3 Å². The molecule has 2 rings (SSSR count). The highest BCUT2D eigenvalue weighted by molar-refractivity contribution is 5.94. The molecule has 1 fully saturated rings. The molecule has 0 bridgehead atoms. The van der Waals surface area contributed by atoms with E-state index in [2.05, 4.69) is 12.2 Å². The minimum absolute atomic E-state index is 0.0423. The Kier molecular flexibility index (Phi) is 4.97. The van der Waals surface area contributed by atoms with Gasteiger partial charge in [0.2, 0.25) is 0 Å². The molecule has 0 aromatic heterocycles. The summed E-state index contributed by atoms with van der Waals surface area (Å²) in [6.07, 6.45) is 6.02. The van der Waals surface area contributed by atoms with Gasteiger partial charge >= 0.3 is 0 Å². The zero-order chi connectivity index (χ0) is 13.7. The van der Waals surface area contributed by atoms with Gasteiger partial charge in [0.15, 0.2) is 0 Å². The number of hydrogen-bond donors (Lipinski definition) is 2. The molecule has 1 saturated carbocycles. The van der Waals surface area contributed by atoms with Gasteiger partial charge in [-0.2, -0.15) is 0 Å². The predicted octanol–water partition coefficient (Wildman–Crippen LogP) is 2.84. The molecule has 3 nitrogen and oxygen atoms in total. The van der Waals surface area contributed by atoms with Crippen molar-refractivity contribution < 1.29 is 4.79 Å². The number of carbonyl (C=O) groups excluding carboxylic acids is 1. The number of carbonyl (C=O) groups is 1. The van der Waals surface area contributed by atoms with E-state index >= 15 is 0 Å². The first-order valence-corrected chi connectivity index (χ1v) is 7.34. The Bertz CT molecular complexity index is 431. The lowest BCUT2D eigenvalue weighted by Crippen LogP contribution is -2.41. The Morgan fingerprint density at radius 1 is 1.37 bits per heavy atom. The Balaban J connectivity index is 2.02. The highest BCUT2D eigenvalue weighted by atomic mass is 16.1. The number of amides is 1. The molecule has 2 unspecified atom stereocenters. The van der Waals surface area contributed by atoms with Gasteiger partial charge in [-0.3, -0.25) is 4.79 Å². The predicted molar refractivity (Wildman–Crippen MR) is 77.8 cm³/mol. The smallest absolute Gasteiger partial charge is 0.251 e. The Labute approximate surface area is 115 Å². The van der Waals surface area contributed by atoms with Crippen LogP contribution in [0.4, 0.5) is 0 Å². The van der Waals surface area contributed by atoms with E-state index in [1.807, 2.05) is 24.3 Å². The maximum absolute atomic E-state index is 12.3. The summed E-state index contributed by atoms with van der Waals surface area (Å²) in [5.74, 6) is 0.677. The van der Waals surface area contributed by atoms with Crippen LogP contribution >= 0.6 is 0 Å². The van der Waals surface area contributed by atoms with E-state index in [0.717, 1.165) is 24.0 Å². The number of nitrogens with one attached hydrogen (secondary N) is 1. The van der Waals surface area contributed by atoms with Crippen LogP contribution < -0.4 is 11.1 Å². The van der Waals surface area contributed by atoms with E-state index in [0.29, 0.717) is 18.5 Å². The minimum atomic E-state index is 0.0423. The van der Waals surface area contributed by atoms with Crippen LogP contribution in [0, 0.1) is 5.92 Å². The molecular formula is C16H24N2O. The third-order valence-corrected chi connectivity index (χ3v) is 4.17. The number of nitrogens with two attached hydrogens (primary N) is 1. The Hall–Kier alpha value is -1.35. The fraction of sp³-hybridized carbons (Fsp3) is 0.562. The zero-order valence-corrected chi connectivity index (χ0v) is 11.7. The molecule has 1 aromatic rings. The van der Waals surface area contributed by atoms with Crippen molar-refractivity contribution in [1.29, 1.82) is 0 Å². The summed E-state index contributed by atoms with van der Waals surface area (Å²) < 4.78 is 0. The standard InChI is InChI=1S/C16H24N2O/c1-2-13-7-3-4-9-15(13)18-16(19)14-8-5-6-12(10-14)11-17/h5-6,8,10,13,15H,2-4,7,9,11,17H2,1H3,(H,18,19). The van der Waals surface area contributed by atoms with Crippen molar-refractivity contribution in [2.24, 2.45) is 11.7 Å². The summed E-state index contributed by atoms with van der Waals surface area (Å²) in [5, 5.41) is 3.21. The van der Waals surface area contributed by atoms with Crippen molar-refractivity contribution in [2.75, 3.05) is 0 Å². The molecule has 0 aliphatic heterocycles. The van der Waals surface area contributed by atoms with Crippen molar-refractivity contribution in [3.05, 3.63) is 35.4 Å². The highest BCUT2D eigenvalue weighted by Gasteiger charge is 2.25. The second kappa shape index (κ2) is 6.71. The molecule has 0 radical (unpaired) electrons. The highest BCUT2D eigenvalue weighted by Crippen LogP contribution is 2.27. The van der Waals surface area contributed by atoms with Crippen LogP contribution in [0.2, 0.25) is 0 Å². The number of rotatable bonds is 4. The first-order chi connectivity index (χ1) is 9.24. The van der Waals surface area contributed by atoms with Crippen molar-refractivity contribution >= 4 is 5.91 Å². The lowest BCUT2D eigenvalue weighted by molar-refractivity contribution is 0.0904. The Morgan fingerprint density at radius 3 is 2.89 bits per heavy atom.